The molecule has 2 N–H and O–H groups in total. The standard InChI is InChI=1S/C19H27N3O2/c1-4-5-6-7-8-11-15-14(2)20-19(22-18(15)23)21-16-12-9-10-13-17(16)24-3/h9-10,12-13H,4-8,11H2,1-3H3,(H2,20,21,22,23). The summed E-state index contributed by atoms with van der Waals surface area (Å²) in [6.07, 6.45) is 6.69. The third-order valence-corrected chi connectivity index (χ3v) is 4.11. The molecule has 1 aromatic carbocycles. The summed E-state index contributed by atoms with van der Waals surface area (Å²) in [4.78, 5) is 19.7. The Morgan fingerprint density at radius 2 is 1.92 bits per heavy atom. The second kappa shape index (κ2) is 9.11. The molecule has 0 spiro atoms. The van der Waals surface area contributed by atoms with E-state index in [1.165, 1.54) is 19.3 Å². The Hall–Kier alpha value is -2.30. The number of unbranched alkanes of at least 4 members (excludes halogenated alkanes) is 4. The lowest BCUT2D eigenvalue weighted by molar-refractivity contribution is 0.417. The molecule has 5 heteroatoms. The van der Waals surface area contributed by atoms with E-state index in [1.54, 1.807) is 7.11 Å². The van der Waals surface area contributed by atoms with Crippen molar-refractivity contribution in [3.63, 3.8) is 0 Å². The number of anilines is 2. The molecule has 0 aliphatic rings. The predicted octanol–water partition coefficient (Wildman–Crippen LogP) is 4.34. The number of benzene rings is 1. The van der Waals surface area contributed by atoms with Crippen LogP contribution in [0.5, 0.6) is 5.75 Å². The summed E-state index contributed by atoms with van der Waals surface area (Å²) in [5.74, 6) is 1.15. The normalized spacial score (nSPS) is 10.6. The van der Waals surface area contributed by atoms with E-state index in [-0.39, 0.29) is 5.56 Å². The van der Waals surface area contributed by atoms with Gasteiger partial charge >= 0.3 is 0 Å². The van der Waals surface area contributed by atoms with Crippen LogP contribution in [0.4, 0.5) is 11.6 Å². The number of H-pyrrole nitrogens is 1. The summed E-state index contributed by atoms with van der Waals surface area (Å²) >= 11 is 0. The molecule has 0 fully saturated rings. The van der Waals surface area contributed by atoms with Crippen LogP contribution in [0.15, 0.2) is 29.1 Å². The van der Waals surface area contributed by atoms with Gasteiger partial charge in [-0.1, -0.05) is 44.7 Å². The summed E-state index contributed by atoms with van der Waals surface area (Å²) in [5.41, 5.74) is 2.29. The maximum absolute atomic E-state index is 12.4. The van der Waals surface area contributed by atoms with E-state index in [0.717, 1.165) is 36.2 Å². The number of para-hydroxylation sites is 2. The molecule has 0 atom stereocenters. The number of rotatable bonds is 9. The third-order valence-electron chi connectivity index (χ3n) is 4.11. The van der Waals surface area contributed by atoms with Crippen LogP contribution in [0.2, 0.25) is 0 Å². The average Bonchev–Trinajstić information content (AvgIpc) is 2.57. The minimum Gasteiger partial charge on any atom is -0.495 e. The van der Waals surface area contributed by atoms with Gasteiger partial charge in [0.2, 0.25) is 5.95 Å². The van der Waals surface area contributed by atoms with Crippen molar-refractivity contribution in [1.82, 2.24) is 9.97 Å². The fraction of sp³-hybridized carbons (Fsp3) is 0.474. The van der Waals surface area contributed by atoms with Gasteiger partial charge in [-0.15, -0.1) is 0 Å². The molecule has 0 aliphatic carbocycles. The van der Waals surface area contributed by atoms with Crippen molar-refractivity contribution < 1.29 is 4.74 Å². The van der Waals surface area contributed by atoms with Crippen LogP contribution in [-0.4, -0.2) is 17.1 Å². The average molecular weight is 329 g/mol. The molecular formula is C19H27N3O2. The summed E-state index contributed by atoms with van der Waals surface area (Å²) in [7, 11) is 1.61. The monoisotopic (exact) mass is 329 g/mol. The van der Waals surface area contributed by atoms with Crippen LogP contribution >= 0.6 is 0 Å². The molecule has 0 unspecified atom stereocenters. The second-order valence-electron chi connectivity index (χ2n) is 5.97. The first-order valence-electron chi connectivity index (χ1n) is 8.65. The van der Waals surface area contributed by atoms with Crippen molar-refractivity contribution in [1.29, 1.82) is 0 Å². The van der Waals surface area contributed by atoms with Crippen LogP contribution in [0, 0.1) is 6.92 Å². The first kappa shape index (κ1) is 18.0. The van der Waals surface area contributed by atoms with Gasteiger partial charge in [-0.2, -0.15) is 0 Å². The summed E-state index contributed by atoms with van der Waals surface area (Å²) in [6, 6.07) is 7.54. The van der Waals surface area contributed by atoms with Gasteiger partial charge in [-0.3, -0.25) is 9.78 Å². The predicted molar refractivity (Wildman–Crippen MR) is 98.3 cm³/mol. The molecule has 1 heterocycles. The third kappa shape index (κ3) is 4.85. The van der Waals surface area contributed by atoms with E-state index in [4.69, 9.17) is 4.74 Å². The number of aromatic amines is 1. The largest absolute Gasteiger partial charge is 0.495 e. The molecule has 0 amide bonds. The lowest BCUT2D eigenvalue weighted by Gasteiger charge is -2.11. The molecule has 2 aromatic rings. The van der Waals surface area contributed by atoms with Crippen molar-refractivity contribution in [3.05, 3.63) is 45.9 Å². The zero-order valence-electron chi connectivity index (χ0n) is 14.8. The minimum atomic E-state index is -0.0598. The number of ether oxygens (including phenoxy) is 1. The highest BCUT2D eigenvalue weighted by molar-refractivity contribution is 5.62. The Kier molecular flexibility index (Phi) is 6.85. The van der Waals surface area contributed by atoms with Gasteiger partial charge < -0.3 is 10.1 Å². The Labute approximate surface area is 143 Å². The Bertz CT molecular complexity index is 710. The second-order valence-corrected chi connectivity index (χ2v) is 5.97. The molecule has 2 rings (SSSR count). The van der Waals surface area contributed by atoms with E-state index < -0.39 is 0 Å². The number of hydrogen-bond acceptors (Lipinski definition) is 4. The number of methoxy groups -OCH3 is 1. The van der Waals surface area contributed by atoms with Gasteiger partial charge in [-0.05, 0) is 31.9 Å². The fourth-order valence-electron chi connectivity index (χ4n) is 2.74. The molecule has 0 radical (unpaired) electrons. The van der Waals surface area contributed by atoms with Crippen molar-refractivity contribution in [2.24, 2.45) is 0 Å². The van der Waals surface area contributed by atoms with E-state index in [9.17, 15) is 4.79 Å². The number of hydrogen-bond donors (Lipinski definition) is 2. The van der Waals surface area contributed by atoms with Gasteiger partial charge in [0.25, 0.3) is 5.56 Å². The van der Waals surface area contributed by atoms with Gasteiger partial charge in [0, 0.05) is 11.3 Å². The summed E-state index contributed by atoms with van der Waals surface area (Å²) in [6.45, 7) is 4.09. The van der Waals surface area contributed by atoms with Crippen molar-refractivity contribution in [2.75, 3.05) is 12.4 Å². The molecule has 1 aromatic heterocycles. The molecule has 0 saturated heterocycles. The topological polar surface area (TPSA) is 67.0 Å². The van der Waals surface area contributed by atoms with E-state index in [1.807, 2.05) is 31.2 Å². The van der Waals surface area contributed by atoms with Crippen molar-refractivity contribution >= 4 is 11.6 Å². The van der Waals surface area contributed by atoms with E-state index in [2.05, 4.69) is 22.2 Å². The maximum Gasteiger partial charge on any atom is 0.255 e. The highest BCUT2D eigenvalue weighted by Gasteiger charge is 2.09. The number of aryl methyl sites for hydroxylation is 1. The highest BCUT2D eigenvalue weighted by atomic mass is 16.5. The maximum atomic E-state index is 12.4. The van der Waals surface area contributed by atoms with E-state index in [0.29, 0.717) is 11.7 Å². The molecule has 130 valence electrons. The van der Waals surface area contributed by atoms with Crippen molar-refractivity contribution in [3.8, 4) is 5.75 Å². The first-order valence-corrected chi connectivity index (χ1v) is 8.65. The Balaban J connectivity index is 2.07. The summed E-state index contributed by atoms with van der Waals surface area (Å²) in [5, 5.41) is 3.12. The van der Waals surface area contributed by atoms with Gasteiger partial charge in [0.05, 0.1) is 12.8 Å². The molecule has 24 heavy (non-hydrogen) atoms. The van der Waals surface area contributed by atoms with Crippen molar-refractivity contribution in [2.45, 2.75) is 52.4 Å². The fourth-order valence-corrected chi connectivity index (χ4v) is 2.74. The number of aromatic nitrogens is 2. The first-order chi connectivity index (χ1) is 11.7. The molecule has 5 nitrogen and oxygen atoms in total. The number of nitrogens with one attached hydrogen (secondary N) is 2. The lowest BCUT2D eigenvalue weighted by Crippen LogP contribution is -2.18. The Morgan fingerprint density at radius 3 is 2.62 bits per heavy atom. The minimum absolute atomic E-state index is 0.0598. The molecule has 0 bridgehead atoms. The van der Waals surface area contributed by atoms with Crippen LogP contribution in [0.1, 0.15) is 50.3 Å². The number of nitrogens with zero attached hydrogens (tertiary/aromatic N) is 1. The van der Waals surface area contributed by atoms with Crippen LogP contribution in [0.25, 0.3) is 0 Å². The van der Waals surface area contributed by atoms with Gasteiger partial charge in [-0.25, -0.2) is 4.98 Å². The molecular weight excluding hydrogens is 302 g/mol. The highest BCUT2D eigenvalue weighted by Crippen LogP contribution is 2.25. The molecule has 0 aliphatic heterocycles. The lowest BCUT2D eigenvalue weighted by atomic mass is 10.1. The van der Waals surface area contributed by atoms with Crippen LogP contribution in [-0.2, 0) is 6.42 Å². The Morgan fingerprint density at radius 1 is 1.17 bits per heavy atom. The summed E-state index contributed by atoms with van der Waals surface area (Å²) < 4.78 is 5.30. The van der Waals surface area contributed by atoms with Gasteiger partial charge in [0.15, 0.2) is 0 Å². The zero-order chi connectivity index (χ0) is 17.4. The molecule has 0 saturated carbocycles. The van der Waals surface area contributed by atoms with Crippen LogP contribution in [0.3, 0.4) is 0 Å². The quantitative estimate of drug-likeness (QED) is 0.671. The smallest absolute Gasteiger partial charge is 0.255 e. The van der Waals surface area contributed by atoms with Gasteiger partial charge in [0.1, 0.15) is 5.75 Å². The van der Waals surface area contributed by atoms with Crippen LogP contribution < -0.4 is 15.6 Å². The van der Waals surface area contributed by atoms with E-state index >= 15 is 0 Å². The SMILES string of the molecule is CCCCCCCc1c(C)nc(Nc2ccccc2OC)[nH]c1=O. The zero-order valence-corrected chi connectivity index (χ0v) is 14.8.